The third-order valence-corrected chi connectivity index (χ3v) is 15.2. The number of hydrogen-bond acceptors (Lipinski definition) is 5. The first-order chi connectivity index (χ1) is 27.6. The Hall–Kier alpha value is -4.04. The average molecular weight is 770 g/mol. The Bertz CT molecular complexity index is 1860. The molecule has 8 atom stereocenters. The Morgan fingerprint density at radius 1 is 0.754 bits per heavy atom. The van der Waals surface area contributed by atoms with Crippen LogP contribution in [0.15, 0.2) is 84.4 Å². The normalized spacial score (nSPS) is 28.3. The lowest BCUT2D eigenvalue weighted by Crippen LogP contribution is -2.51. The van der Waals surface area contributed by atoms with Crippen LogP contribution in [0.5, 0.6) is 11.5 Å². The minimum Gasteiger partial charge on any atom is -0.494 e. The van der Waals surface area contributed by atoms with Gasteiger partial charge in [0.05, 0.1) is 30.4 Å². The number of nitrogens with zero attached hydrogens (tertiary/aromatic N) is 1. The molecule has 0 aromatic heterocycles. The van der Waals surface area contributed by atoms with Gasteiger partial charge in [-0.1, -0.05) is 89.8 Å². The molecule has 3 fully saturated rings. The van der Waals surface area contributed by atoms with Crippen LogP contribution in [0.25, 0.3) is 11.1 Å². The molecule has 4 aliphatic rings. The van der Waals surface area contributed by atoms with Gasteiger partial charge in [0.1, 0.15) is 17.6 Å². The number of esters is 1. The van der Waals surface area contributed by atoms with Gasteiger partial charge in [-0.15, -0.1) is 0 Å². The first-order valence-corrected chi connectivity index (χ1v) is 22.4. The number of carbonyl (C=O) groups is 1. The molecule has 0 aliphatic heterocycles. The molecule has 0 radical (unpaired) electrons. The number of nitriles is 1. The van der Waals surface area contributed by atoms with Gasteiger partial charge in [-0.2, -0.15) is 5.26 Å². The first-order valence-electron chi connectivity index (χ1n) is 22.4. The van der Waals surface area contributed by atoms with Crippen LogP contribution in [-0.2, 0) is 4.74 Å². The maximum Gasteiger partial charge on any atom is 0.338 e. The van der Waals surface area contributed by atoms with Gasteiger partial charge in [0.25, 0.3) is 0 Å². The zero-order valence-corrected chi connectivity index (χ0v) is 35.4. The Labute approximate surface area is 343 Å². The summed E-state index contributed by atoms with van der Waals surface area (Å²) in [5.41, 5.74) is 5.76. The standard InChI is InChI=1S/C52H67NO4/c1-36(2)10-9-11-37(3)47-26-27-48-46-25-20-42-34-45(28-30-51(42,4)49(46)29-31-52(47,48)5)57-50(54)41-18-23-44(24-19-41)56-33-8-6-7-32-55-43-21-16-40(17-22-43)39-14-12-38(35-53)13-15-39/h12-24,36-37,45-49H,6-11,25-34H2,1-5H3/t37-,45+,46+,47-,48+,49+,51+,52-/m1/s1. The Kier molecular flexibility index (Phi) is 13.2. The van der Waals surface area contributed by atoms with Crippen molar-refractivity contribution in [3.8, 4) is 28.7 Å². The summed E-state index contributed by atoms with van der Waals surface area (Å²) in [5.74, 6) is 6.41. The Balaban J connectivity index is 0.814. The topological polar surface area (TPSA) is 68.6 Å². The molecule has 304 valence electrons. The SMILES string of the molecule is CC(C)CCC[C@@H](C)[C@H]1CC[C@H]2[C@@H]3CC=C4C[C@@H](OC(=O)c5ccc(OCCCCCOc6ccc(-c7ccc(C#N)cc7)cc6)cc5)CC[C@]4(C)[C@H]3CC[C@]12C. The van der Waals surface area contributed by atoms with Crippen LogP contribution in [0.4, 0.5) is 0 Å². The van der Waals surface area contributed by atoms with Crippen LogP contribution in [-0.4, -0.2) is 25.3 Å². The second-order valence-electron chi connectivity index (χ2n) is 19.1. The fourth-order valence-electron chi connectivity index (χ4n) is 11.9. The van der Waals surface area contributed by atoms with E-state index in [4.69, 9.17) is 19.5 Å². The number of carbonyl (C=O) groups excluding carboxylic acids is 1. The maximum atomic E-state index is 13.3. The second-order valence-corrected chi connectivity index (χ2v) is 19.1. The molecular weight excluding hydrogens is 703 g/mol. The van der Waals surface area contributed by atoms with Gasteiger partial charge in [-0.25, -0.2) is 4.79 Å². The zero-order chi connectivity index (χ0) is 40.0. The highest BCUT2D eigenvalue weighted by molar-refractivity contribution is 5.89. The van der Waals surface area contributed by atoms with Crippen LogP contribution in [0.1, 0.15) is 140 Å². The largest absolute Gasteiger partial charge is 0.494 e. The summed E-state index contributed by atoms with van der Waals surface area (Å²) in [6.07, 6.45) is 19.4. The molecule has 3 aromatic rings. The minimum absolute atomic E-state index is 0.0436. The summed E-state index contributed by atoms with van der Waals surface area (Å²) in [5, 5.41) is 9.01. The number of unbranched alkanes of at least 4 members (excludes halogenated alkanes) is 2. The minimum atomic E-state index is -0.221. The van der Waals surface area contributed by atoms with Crippen molar-refractivity contribution in [3.05, 3.63) is 95.6 Å². The van der Waals surface area contributed by atoms with Gasteiger partial charge in [0, 0.05) is 6.42 Å². The molecular formula is C52H67NO4. The van der Waals surface area contributed by atoms with Crippen LogP contribution in [0.2, 0.25) is 0 Å². The molecule has 57 heavy (non-hydrogen) atoms. The van der Waals surface area contributed by atoms with Crippen molar-refractivity contribution in [2.45, 2.75) is 131 Å². The summed E-state index contributed by atoms with van der Waals surface area (Å²) >= 11 is 0. The monoisotopic (exact) mass is 770 g/mol. The number of ether oxygens (including phenoxy) is 3. The lowest BCUT2D eigenvalue weighted by Gasteiger charge is -2.58. The lowest BCUT2D eigenvalue weighted by molar-refractivity contribution is -0.0594. The highest BCUT2D eigenvalue weighted by Crippen LogP contribution is 2.67. The molecule has 5 nitrogen and oxygen atoms in total. The van der Waals surface area contributed by atoms with E-state index in [0.29, 0.717) is 29.8 Å². The zero-order valence-electron chi connectivity index (χ0n) is 35.4. The fraction of sp³-hybridized carbons (Fsp3) is 0.577. The van der Waals surface area contributed by atoms with E-state index in [2.05, 4.69) is 46.8 Å². The maximum absolute atomic E-state index is 13.3. The van der Waals surface area contributed by atoms with Crippen LogP contribution < -0.4 is 9.47 Å². The molecule has 0 unspecified atom stereocenters. The lowest BCUT2D eigenvalue weighted by atomic mass is 9.47. The van der Waals surface area contributed by atoms with E-state index < -0.39 is 0 Å². The summed E-state index contributed by atoms with van der Waals surface area (Å²) < 4.78 is 18.1. The van der Waals surface area contributed by atoms with Crippen molar-refractivity contribution < 1.29 is 19.0 Å². The summed E-state index contributed by atoms with van der Waals surface area (Å²) in [6.45, 7) is 13.8. The molecule has 0 bridgehead atoms. The highest BCUT2D eigenvalue weighted by Gasteiger charge is 2.59. The van der Waals surface area contributed by atoms with E-state index in [1.165, 1.54) is 51.4 Å². The molecule has 0 saturated heterocycles. The first kappa shape index (κ1) is 41.1. The smallest absolute Gasteiger partial charge is 0.338 e. The fourth-order valence-corrected chi connectivity index (χ4v) is 11.9. The third kappa shape index (κ3) is 9.32. The van der Waals surface area contributed by atoms with Gasteiger partial charge >= 0.3 is 5.97 Å². The number of rotatable bonds is 16. The molecule has 4 aliphatic carbocycles. The molecule has 0 spiro atoms. The number of fused-ring (bicyclic) bond motifs is 5. The molecule has 0 heterocycles. The third-order valence-electron chi connectivity index (χ3n) is 15.2. The van der Waals surface area contributed by atoms with Gasteiger partial charge in [0.15, 0.2) is 0 Å². The average Bonchev–Trinajstić information content (AvgIpc) is 3.58. The van der Waals surface area contributed by atoms with Crippen molar-refractivity contribution in [3.63, 3.8) is 0 Å². The van der Waals surface area contributed by atoms with Crippen LogP contribution in [0.3, 0.4) is 0 Å². The van der Waals surface area contributed by atoms with Crippen molar-refractivity contribution in [2.75, 3.05) is 13.2 Å². The van der Waals surface area contributed by atoms with Crippen LogP contribution in [0, 0.1) is 57.7 Å². The summed E-state index contributed by atoms with van der Waals surface area (Å²) in [7, 11) is 0. The second kappa shape index (κ2) is 18.3. The van der Waals surface area contributed by atoms with Crippen LogP contribution >= 0.6 is 0 Å². The van der Waals surface area contributed by atoms with Crippen molar-refractivity contribution >= 4 is 5.97 Å². The van der Waals surface area contributed by atoms with Gasteiger partial charge < -0.3 is 14.2 Å². The summed E-state index contributed by atoms with van der Waals surface area (Å²) in [4.78, 5) is 13.3. The molecule has 0 N–H and O–H groups in total. The molecule has 3 saturated carbocycles. The van der Waals surface area contributed by atoms with Gasteiger partial charge in [-0.05, 0) is 170 Å². The van der Waals surface area contributed by atoms with Crippen molar-refractivity contribution in [1.29, 1.82) is 5.26 Å². The molecule has 3 aromatic carbocycles. The van der Waals surface area contributed by atoms with E-state index in [0.717, 1.165) is 96.7 Å². The Morgan fingerprint density at radius 2 is 1.40 bits per heavy atom. The van der Waals surface area contributed by atoms with E-state index in [1.54, 1.807) is 5.57 Å². The van der Waals surface area contributed by atoms with Crippen molar-refractivity contribution in [1.82, 2.24) is 0 Å². The van der Waals surface area contributed by atoms with E-state index in [-0.39, 0.29) is 17.5 Å². The van der Waals surface area contributed by atoms with Gasteiger partial charge in [-0.3, -0.25) is 0 Å². The van der Waals surface area contributed by atoms with E-state index in [9.17, 15) is 4.79 Å². The number of hydrogen-bond donors (Lipinski definition) is 0. The predicted octanol–water partition coefficient (Wildman–Crippen LogP) is 13.4. The molecule has 5 heteroatoms. The number of allylic oxidation sites excluding steroid dienone is 1. The van der Waals surface area contributed by atoms with E-state index in [1.807, 2.05) is 72.8 Å². The van der Waals surface area contributed by atoms with E-state index >= 15 is 0 Å². The quantitative estimate of drug-likeness (QED) is 0.0824. The summed E-state index contributed by atoms with van der Waals surface area (Å²) in [6, 6.07) is 25.3. The molecule has 0 amide bonds. The molecule has 7 rings (SSSR count). The van der Waals surface area contributed by atoms with Crippen molar-refractivity contribution in [2.24, 2.45) is 46.3 Å². The highest BCUT2D eigenvalue weighted by atomic mass is 16.5. The van der Waals surface area contributed by atoms with Gasteiger partial charge in [0.2, 0.25) is 0 Å². The predicted molar refractivity (Wildman–Crippen MR) is 230 cm³/mol. The Morgan fingerprint density at radius 3 is 2.05 bits per heavy atom. The number of benzene rings is 3.